The van der Waals surface area contributed by atoms with E-state index in [0.717, 1.165) is 5.75 Å². The molecule has 5 rings (SSSR count). The Morgan fingerprint density at radius 1 is 1.21 bits per heavy atom. The summed E-state index contributed by atoms with van der Waals surface area (Å²) in [6.07, 6.45) is -0.477. The Bertz CT molecular complexity index is 1280. The van der Waals surface area contributed by atoms with E-state index in [2.05, 4.69) is 37.5 Å². The lowest BCUT2D eigenvalue weighted by atomic mass is 9.82. The highest BCUT2D eigenvalue weighted by atomic mass is 28.3. The number of β-lactam (4-membered cyclic amide) rings is 1. The van der Waals surface area contributed by atoms with E-state index in [1.807, 2.05) is 12.1 Å². The summed E-state index contributed by atoms with van der Waals surface area (Å²) in [6, 6.07) is 13.4. The monoisotopic (exact) mass is 538 g/mol. The molecule has 0 aromatic heterocycles. The standard InChI is InChI=1S/C28H34N2O7Si/c1-16-26(38(4,5)20-9-7-19(35-3)8-10-20)23(12-13-31)37-28(16)21-14-18(6-11-22(21)29-27(28)34)30-24(33)15-25(30)36-17(2)32/h6-11,14,16,23,25-26,31H,12-13,15H2,1-5H3,(H,29,34)/t16-,23+,25?,26-,28+/m0/s1. The van der Waals surface area contributed by atoms with E-state index in [1.165, 1.54) is 17.0 Å². The highest BCUT2D eigenvalue weighted by molar-refractivity contribution is 6.91. The first-order valence-electron chi connectivity index (χ1n) is 12.9. The summed E-state index contributed by atoms with van der Waals surface area (Å²) in [5.74, 6) is -0.298. The van der Waals surface area contributed by atoms with Crippen LogP contribution in [0.1, 0.15) is 32.3 Å². The Balaban J connectivity index is 1.56. The van der Waals surface area contributed by atoms with E-state index in [0.29, 0.717) is 23.4 Å². The molecule has 202 valence electrons. The molecule has 9 nitrogen and oxygen atoms in total. The zero-order valence-electron chi connectivity index (χ0n) is 22.3. The maximum Gasteiger partial charge on any atom is 0.304 e. The Morgan fingerprint density at radius 3 is 2.53 bits per heavy atom. The van der Waals surface area contributed by atoms with Gasteiger partial charge in [-0.1, -0.05) is 37.3 Å². The zero-order chi connectivity index (χ0) is 27.4. The Hall–Kier alpha value is -3.21. The maximum atomic E-state index is 13.7. The molecular weight excluding hydrogens is 504 g/mol. The largest absolute Gasteiger partial charge is 0.497 e. The van der Waals surface area contributed by atoms with Crippen LogP contribution in [-0.2, 0) is 29.5 Å². The van der Waals surface area contributed by atoms with Gasteiger partial charge in [0.15, 0.2) is 11.8 Å². The molecule has 2 amide bonds. The molecule has 0 saturated carbocycles. The zero-order valence-corrected chi connectivity index (χ0v) is 23.3. The second-order valence-electron chi connectivity index (χ2n) is 10.9. The lowest BCUT2D eigenvalue weighted by Gasteiger charge is -2.39. The molecule has 2 saturated heterocycles. The molecule has 3 aliphatic rings. The molecule has 2 aromatic carbocycles. The van der Waals surface area contributed by atoms with Crippen molar-refractivity contribution >= 4 is 42.4 Å². The molecule has 2 aromatic rings. The van der Waals surface area contributed by atoms with Gasteiger partial charge in [-0.3, -0.25) is 19.3 Å². The third kappa shape index (κ3) is 3.93. The van der Waals surface area contributed by atoms with Crippen LogP contribution in [0, 0.1) is 5.92 Å². The fraction of sp³-hybridized carbons (Fsp3) is 0.464. The van der Waals surface area contributed by atoms with Gasteiger partial charge in [0.2, 0.25) is 5.91 Å². The number of methoxy groups -OCH3 is 1. The van der Waals surface area contributed by atoms with Gasteiger partial charge in [0.25, 0.3) is 5.91 Å². The number of carbonyl (C=O) groups excluding carboxylic acids is 3. The van der Waals surface area contributed by atoms with E-state index in [4.69, 9.17) is 14.2 Å². The van der Waals surface area contributed by atoms with Crippen molar-refractivity contribution in [3.8, 4) is 5.75 Å². The number of hydrogen-bond acceptors (Lipinski definition) is 7. The van der Waals surface area contributed by atoms with Crippen molar-refractivity contribution in [2.45, 2.75) is 63.3 Å². The fourth-order valence-electron chi connectivity index (χ4n) is 6.65. The minimum Gasteiger partial charge on any atom is -0.497 e. The molecule has 10 heteroatoms. The minimum absolute atomic E-state index is 0.0165. The molecule has 0 bridgehead atoms. The van der Waals surface area contributed by atoms with Crippen LogP contribution in [0.4, 0.5) is 11.4 Å². The van der Waals surface area contributed by atoms with Crippen LogP contribution in [0.3, 0.4) is 0 Å². The van der Waals surface area contributed by atoms with Crippen LogP contribution >= 0.6 is 0 Å². The molecule has 1 unspecified atom stereocenters. The first-order valence-corrected chi connectivity index (χ1v) is 16.0. The number of esters is 1. The number of rotatable bonds is 7. The first-order chi connectivity index (χ1) is 18.0. The van der Waals surface area contributed by atoms with Gasteiger partial charge in [0.1, 0.15) is 5.75 Å². The molecule has 2 N–H and O–H groups in total. The summed E-state index contributed by atoms with van der Waals surface area (Å²) in [4.78, 5) is 39.1. The number of anilines is 2. The van der Waals surface area contributed by atoms with Crippen molar-refractivity contribution in [1.82, 2.24) is 0 Å². The minimum atomic E-state index is -2.26. The van der Waals surface area contributed by atoms with E-state index in [9.17, 15) is 19.5 Å². The third-order valence-corrected chi connectivity index (χ3v) is 12.8. The Morgan fingerprint density at radius 2 is 1.92 bits per heavy atom. The Kier molecular flexibility index (Phi) is 6.61. The van der Waals surface area contributed by atoms with Crippen LogP contribution in [0.25, 0.3) is 0 Å². The van der Waals surface area contributed by atoms with Crippen molar-refractivity contribution in [1.29, 1.82) is 0 Å². The lowest BCUT2D eigenvalue weighted by molar-refractivity contribution is -0.153. The number of nitrogens with one attached hydrogen (secondary N) is 1. The highest BCUT2D eigenvalue weighted by Gasteiger charge is 2.64. The predicted molar refractivity (Wildman–Crippen MR) is 144 cm³/mol. The number of aliphatic hydroxyl groups excluding tert-OH is 1. The third-order valence-electron chi connectivity index (χ3n) is 8.47. The summed E-state index contributed by atoms with van der Waals surface area (Å²) < 4.78 is 17.4. The molecule has 1 spiro atoms. The summed E-state index contributed by atoms with van der Waals surface area (Å²) in [6.45, 7) is 7.85. The van der Waals surface area contributed by atoms with E-state index in [1.54, 1.807) is 25.3 Å². The molecule has 3 aliphatic heterocycles. The predicted octanol–water partition coefficient (Wildman–Crippen LogP) is 2.87. The van der Waals surface area contributed by atoms with Crippen LogP contribution < -0.4 is 20.1 Å². The van der Waals surface area contributed by atoms with Crippen LogP contribution in [0.15, 0.2) is 42.5 Å². The molecular formula is C28H34N2O7Si. The molecule has 5 atom stereocenters. The second kappa shape index (κ2) is 9.51. The number of nitrogens with zero attached hydrogens (tertiary/aromatic N) is 1. The SMILES string of the molecule is COc1ccc([Si](C)(C)[C@@H]2[C@@H](CCO)O[C@]3(C(=O)Nc4ccc(N5C(=O)CC5OC(C)=O)cc43)[C@H]2C)cc1. The number of ether oxygens (including phenoxy) is 3. The highest BCUT2D eigenvalue weighted by Crippen LogP contribution is 2.59. The van der Waals surface area contributed by atoms with Gasteiger partial charge in [-0.25, -0.2) is 0 Å². The van der Waals surface area contributed by atoms with Crippen LogP contribution in [0.2, 0.25) is 18.6 Å². The van der Waals surface area contributed by atoms with Crippen molar-refractivity contribution < 1.29 is 33.7 Å². The average molecular weight is 539 g/mol. The Labute approximate surface area is 223 Å². The van der Waals surface area contributed by atoms with E-state index >= 15 is 0 Å². The molecule has 2 fully saturated rings. The van der Waals surface area contributed by atoms with Crippen molar-refractivity contribution in [3.05, 3.63) is 48.0 Å². The molecule has 3 heterocycles. The molecule has 38 heavy (non-hydrogen) atoms. The van der Waals surface area contributed by atoms with Crippen molar-refractivity contribution in [2.75, 3.05) is 23.9 Å². The van der Waals surface area contributed by atoms with Crippen LogP contribution in [-0.4, -0.2) is 57.0 Å². The quantitative estimate of drug-likeness (QED) is 0.317. The number of carbonyl (C=O) groups is 3. The molecule has 0 radical (unpaired) electrons. The van der Waals surface area contributed by atoms with Gasteiger partial charge in [-0.2, -0.15) is 0 Å². The molecule has 0 aliphatic carbocycles. The van der Waals surface area contributed by atoms with E-state index in [-0.39, 0.29) is 42.4 Å². The van der Waals surface area contributed by atoms with E-state index < -0.39 is 25.9 Å². The number of amides is 2. The van der Waals surface area contributed by atoms with Gasteiger partial charge in [-0.05, 0) is 42.3 Å². The van der Waals surface area contributed by atoms with Crippen molar-refractivity contribution in [2.24, 2.45) is 5.92 Å². The second-order valence-corrected chi connectivity index (χ2v) is 15.6. The van der Waals surface area contributed by atoms with Gasteiger partial charge in [0.05, 0.1) is 27.7 Å². The number of hydrogen-bond donors (Lipinski definition) is 2. The first kappa shape index (κ1) is 26.4. The normalized spacial score (nSPS) is 28.2. The summed E-state index contributed by atoms with van der Waals surface area (Å²) in [5, 5.41) is 14.1. The number of aliphatic hydroxyl groups is 1. The topological polar surface area (TPSA) is 114 Å². The van der Waals surface area contributed by atoms with Crippen molar-refractivity contribution in [3.63, 3.8) is 0 Å². The van der Waals surface area contributed by atoms with Gasteiger partial charge in [-0.15, -0.1) is 0 Å². The average Bonchev–Trinajstić information content (AvgIpc) is 3.32. The van der Waals surface area contributed by atoms with Gasteiger partial charge in [0, 0.05) is 36.4 Å². The van der Waals surface area contributed by atoms with Gasteiger partial charge < -0.3 is 24.6 Å². The lowest BCUT2D eigenvalue weighted by Crippen LogP contribution is -2.55. The summed E-state index contributed by atoms with van der Waals surface area (Å²) in [5.41, 5.74) is 0.598. The maximum absolute atomic E-state index is 13.7. The number of fused-ring (bicyclic) bond motifs is 2. The van der Waals surface area contributed by atoms with Gasteiger partial charge >= 0.3 is 5.97 Å². The summed E-state index contributed by atoms with van der Waals surface area (Å²) >= 11 is 0. The van der Waals surface area contributed by atoms with Crippen LogP contribution in [0.5, 0.6) is 5.75 Å². The smallest absolute Gasteiger partial charge is 0.304 e. The summed E-state index contributed by atoms with van der Waals surface area (Å²) in [7, 11) is -0.618. The number of benzene rings is 2. The fourth-order valence-corrected chi connectivity index (χ4v) is 10.7.